The van der Waals surface area contributed by atoms with Gasteiger partial charge >= 0.3 is 5.97 Å². The maximum Gasteiger partial charge on any atom is 0.309 e. The predicted molar refractivity (Wildman–Crippen MR) is 72.3 cm³/mol. The highest BCUT2D eigenvalue weighted by Gasteiger charge is 2.27. The molecule has 1 N–H and O–H groups in total. The Morgan fingerprint density at radius 1 is 1.53 bits per heavy atom. The molecule has 0 aliphatic heterocycles. The van der Waals surface area contributed by atoms with Crippen LogP contribution in [0.5, 0.6) is 5.75 Å². The summed E-state index contributed by atoms with van der Waals surface area (Å²) in [4.78, 5) is 21.1. The topological polar surface area (TPSA) is 89.7 Å². The molecule has 0 aliphatic rings. The predicted octanol–water partition coefficient (Wildman–Crippen LogP) is 3.24. The number of carboxylic acid groups (broad SMARTS) is 1. The molecule has 104 valence electrons. The number of nitro groups is 1. The molecule has 7 heteroatoms. The van der Waals surface area contributed by atoms with Gasteiger partial charge in [0.05, 0.1) is 27.5 Å². The van der Waals surface area contributed by atoms with Crippen LogP contribution in [0.2, 0.25) is 0 Å². The summed E-state index contributed by atoms with van der Waals surface area (Å²) >= 11 is 3.23. The molecule has 0 heterocycles. The summed E-state index contributed by atoms with van der Waals surface area (Å²) in [5.41, 5.74) is -0.969. The molecule has 0 radical (unpaired) electrons. The van der Waals surface area contributed by atoms with E-state index in [1.807, 2.05) is 0 Å². The summed E-state index contributed by atoms with van der Waals surface area (Å²) in [5.74, 6) is -0.579. The molecule has 0 fully saturated rings. The maximum absolute atomic E-state index is 10.9. The third-order valence-electron chi connectivity index (χ3n) is 2.69. The zero-order valence-electron chi connectivity index (χ0n) is 10.6. The van der Waals surface area contributed by atoms with Gasteiger partial charge in [-0.25, -0.2) is 0 Å². The SMILES string of the molecule is CC(C)(CCOc1cc([N+](=O)[O-])ccc1Br)C(=O)O. The number of carbonyl (C=O) groups is 1. The first kappa shape index (κ1) is 15.4. The van der Waals surface area contributed by atoms with Crippen LogP contribution in [0.15, 0.2) is 22.7 Å². The minimum Gasteiger partial charge on any atom is -0.492 e. The van der Waals surface area contributed by atoms with Crippen molar-refractivity contribution in [2.75, 3.05) is 6.61 Å². The lowest BCUT2D eigenvalue weighted by atomic mass is 9.90. The van der Waals surface area contributed by atoms with Gasteiger partial charge in [-0.2, -0.15) is 0 Å². The standard InChI is InChI=1S/C12H14BrNO5/c1-12(2,11(15)16)5-6-19-10-7-8(14(17)18)3-4-9(10)13/h3-4,7H,5-6H2,1-2H3,(H,15,16). The molecule has 0 aromatic heterocycles. The monoisotopic (exact) mass is 331 g/mol. The Labute approximate surface area is 118 Å². The van der Waals surface area contributed by atoms with Crippen LogP contribution in [0.3, 0.4) is 0 Å². The van der Waals surface area contributed by atoms with Crippen LogP contribution in [0, 0.1) is 15.5 Å². The first-order chi connectivity index (χ1) is 8.74. The van der Waals surface area contributed by atoms with E-state index in [0.29, 0.717) is 16.6 Å². The number of halogens is 1. The number of non-ortho nitro benzene ring substituents is 1. The van der Waals surface area contributed by atoms with E-state index in [1.54, 1.807) is 13.8 Å². The van der Waals surface area contributed by atoms with Crippen molar-refractivity contribution >= 4 is 27.6 Å². The zero-order valence-corrected chi connectivity index (χ0v) is 12.1. The van der Waals surface area contributed by atoms with E-state index in [-0.39, 0.29) is 12.3 Å². The van der Waals surface area contributed by atoms with E-state index in [4.69, 9.17) is 9.84 Å². The van der Waals surface area contributed by atoms with E-state index in [1.165, 1.54) is 18.2 Å². The Morgan fingerprint density at radius 3 is 2.68 bits per heavy atom. The van der Waals surface area contributed by atoms with Crippen molar-refractivity contribution in [2.45, 2.75) is 20.3 Å². The number of hydrogen-bond donors (Lipinski definition) is 1. The summed E-state index contributed by atoms with van der Waals surface area (Å²) in [5, 5.41) is 19.6. The van der Waals surface area contributed by atoms with Crippen molar-refractivity contribution in [3.8, 4) is 5.75 Å². The Bertz CT molecular complexity index is 501. The molecule has 0 saturated carbocycles. The summed E-state index contributed by atoms with van der Waals surface area (Å²) in [6, 6.07) is 4.19. The molecule has 0 atom stereocenters. The van der Waals surface area contributed by atoms with Gasteiger partial charge in [0.1, 0.15) is 5.75 Å². The number of nitrogens with zero attached hydrogens (tertiary/aromatic N) is 1. The highest BCUT2D eigenvalue weighted by Crippen LogP contribution is 2.30. The zero-order chi connectivity index (χ0) is 14.6. The van der Waals surface area contributed by atoms with Gasteiger partial charge in [0, 0.05) is 6.07 Å². The Kier molecular flexibility index (Phi) is 4.88. The summed E-state index contributed by atoms with van der Waals surface area (Å²) in [7, 11) is 0. The number of ether oxygens (including phenoxy) is 1. The fraction of sp³-hybridized carbons (Fsp3) is 0.417. The van der Waals surface area contributed by atoms with Crippen molar-refractivity contribution < 1.29 is 19.6 Å². The van der Waals surface area contributed by atoms with Gasteiger partial charge in [-0.3, -0.25) is 14.9 Å². The van der Waals surface area contributed by atoms with Gasteiger partial charge in [-0.15, -0.1) is 0 Å². The number of carboxylic acids is 1. The molecular formula is C12H14BrNO5. The quantitative estimate of drug-likeness (QED) is 0.638. The highest BCUT2D eigenvalue weighted by atomic mass is 79.9. The van der Waals surface area contributed by atoms with Gasteiger partial charge in [-0.1, -0.05) is 0 Å². The average Bonchev–Trinajstić information content (AvgIpc) is 2.30. The first-order valence-corrected chi connectivity index (χ1v) is 6.33. The molecule has 1 aromatic carbocycles. The number of hydrogen-bond acceptors (Lipinski definition) is 4. The molecule has 0 aliphatic carbocycles. The fourth-order valence-electron chi connectivity index (χ4n) is 1.24. The largest absolute Gasteiger partial charge is 0.492 e. The van der Waals surface area contributed by atoms with Crippen LogP contribution in [0.25, 0.3) is 0 Å². The summed E-state index contributed by atoms with van der Waals surface area (Å²) < 4.78 is 5.99. The molecule has 0 unspecified atom stereocenters. The van der Waals surface area contributed by atoms with Crippen LogP contribution in [-0.2, 0) is 4.79 Å². The number of benzene rings is 1. The van der Waals surface area contributed by atoms with Crippen LogP contribution in [0.1, 0.15) is 20.3 Å². The normalized spacial score (nSPS) is 11.1. The number of nitro benzene ring substituents is 1. The van der Waals surface area contributed by atoms with E-state index >= 15 is 0 Å². The lowest BCUT2D eigenvalue weighted by Crippen LogP contribution is -2.25. The molecule has 1 rings (SSSR count). The minimum atomic E-state index is -0.908. The maximum atomic E-state index is 10.9. The van der Waals surface area contributed by atoms with E-state index in [9.17, 15) is 14.9 Å². The van der Waals surface area contributed by atoms with Crippen molar-refractivity contribution in [2.24, 2.45) is 5.41 Å². The second-order valence-corrected chi connectivity index (χ2v) is 5.51. The molecular weight excluding hydrogens is 318 g/mol. The van der Waals surface area contributed by atoms with Gasteiger partial charge in [0.2, 0.25) is 0 Å². The molecule has 1 aromatic rings. The molecule has 0 saturated heterocycles. The first-order valence-electron chi connectivity index (χ1n) is 5.54. The second kappa shape index (κ2) is 6.01. The van der Waals surface area contributed by atoms with Crippen molar-refractivity contribution in [1.82, 2.24) is 0 Å². The number of rotatable bonds is 6. The summed E-state index contributed by atoms with van der Waals surface area (Å²) in [6.07, 6.45) is 0.303. The smallest absolute Gasteiger partial charge is 0.309 e. The van der Waals surface area contributed by atoms with Crippen molar-refractivity contribution in [3.05, 3.63) is 32.8 Å². The van der Waals surface area contributed by atoms with Crippen molar-refractivity contribution in [3.63, 3.8) is 0 Å². The van der Waals surface area contributed by atoms with Crippen LogP contribution >= 0.6 is 15.9 Å². The van der Waals surface area contributed by atoms with Crippen LogP contribution < -0.4 is 4.74 Å². The third-order valence-corrected chi connectivity index (χ3v) is 3.34. The Morgan fingerprint density at radius 2 is 2.16 bits per heavy atom. The van der Waals surface area contributed by atoms with Crippen molar-refractivity contribution in [1.29, 1.82) is 0 Å². The Hall–Kier alpha value is -1.63. The molecule has 19 heavy (non-hydrogen) atoms. The summed E-state index contributed by atoms with van der Waals surface area (Å²) in [6.45, 7) is 3.36. The van der Waals surface area contributed by atoms with E-state index in [0.717, 1.165) is 0 Å². The molecule has 0 bridgehead atoms. The molecule has 0 spiro atoms. The van der Waals surface area contributed by atoms with Crippen LogP contribution in [0.4, 0.5) is 5.69 Å². The molecule has 0 amide bonds. The third kappa shape index (κ3) is 4.20. The van der Waals surface area contributed by atoms with E-state index < -0.39 is 16.3 Å². The Balaban J connectivity index is 2.70. The minimum absolute atomic E-state index is 0.0734. The second-order valence-electron chi connectivity index (χ2n) is 4.66. The lowest BCUT2D eigenvalue weighted by Gasteiger charge is -2.19. The highest BCUT2D eigenvalue weighted by molar-refractivity contribution is 9.10. The van der Waals surface area contributed by atoms with Gasteiger partial charge in [-0.05, 0) is 42.3 Å². The van der Waals surface area contributed by atoms with Crippen LogP contribution in [-0.4, -0.2) is 22.6 Å². The van der Waals surface area contributed by atoms with Gasteiger partial charge < -0.3 is 9.84 Å². The fourth-order valence-corrected chi connectivity index (χ4v) is 1.60. The van der Waals surface area contributed by atoms with Gasteiger partial charge in [0.25, 0.3) is 5.69 Å². The lowest BCUT2D eigenvalue weighted by molar-refractivity contribution is -0.385. The van der Waals surface area contributed by atoms with Gasteiger partial charge in [0.15, 0.2) is 0 Å². The number of aliphatic carboxylic acids is 1. The molecule has 6 nitrogen and oxygen atoms in total. The van der Waals surface area contributed by atoms with E-state index in [2.05, 4.69) is 15.9 Å². The average molecular weight is 332 g/mol.